The first-order valence-corrected chi connectivity index (χ1v) is 13.2. The fraction of sp³-hybridized carbons (Fsp3) is 0.250. The summed E-state index contributed by atoms with van der Waals surface area (Å²) < 4.78 is 43.3. The highest BCUT2D eigenvalue weighted by Crippen LogP contribution is 2.33. The maximum atomic E-state index is 13.3. The van der Waals surface area contributed by atoms with Crippen LogP contribution in [0.4, 0.5) is 18.9 Å². The van der Waals surface area contributed by atoms with Crippen LogP contribution in [-0.4, -0.2) is 52.6 Å². The minimum Gasteiger partial charge on any atom is -0.490 e. The smallest absolute Gasteiger partial charge is 0.490 e. The summed E-state index contributed by atoms with van der Waals surface area (Å²) in [6.45, 7) is 6.06. The first kappa shape index (κ1) is 35.1. The molecule has 3 rings (SSSR count). The number of alkyl halides is 3. The Labute approximate surface area is 255 Å². The Morgan fingerprint density at radius 1 is 1.05 bits per heavy atom. The van der Waals surface area contributed by atoms with Crippen molar-refractivity contribution in [2.24, 2.45) is 5.73 Å². The number of hydrazine groups is 1. The number of carbonyl (C=O) groups is 3. The molecule has 7 N–H and O–H groups in total. The normalized spacial score (nSPS) is 11.4. The zero-order valence-corrected chi connectivity index (χ0v) is 24.4. The quantitative estimate of drug-likeness (QED) is 0.0806. The van der Waals surface area contributed by atoms with E-state index in [0.717, 1.165) is 0 Å². The molecule has 0 aliphatic heterocycles. The summed E-state index contributed by atoms with van der Waals surface area (Å²) >= 11 is 5.86. The van der Waals surface area contributed by atoms with Gasteiger partial charge in [0.05, 0.1) is 12.7 Å². The van der Waals surface area contributed by atoms with E-state index in [9.17, 15) is 22.8 Å². The van der Waals surface area contributed by atoms with Gasteiger partial charge in [0.15, 0.2) is 11.5 Å². The predicted molar refractivity (Wildman–Crippen MR) is 156 cm³/mol. The second kappa shape index (κ2) is 16.0. The van der Waals surface area contributed by atoms with Gasteiger partial charge in [-0.25, -0.2) is 9.78 Å². The van der Waals surface area contributed by atoms with Crippen molar-refractivity contribution in [2.45, 2.75) is 39.1 Å². The van der Waals surface area contributed by atoms with Crippen molar-refractivity contribution in [1.82, 2.24) is 15.8 Å². The van der Waals surface area contributed by atoms with Crippen molar-refractivity contribution >= 4 is 40.9 Å². The molecule has 0 saturated carbocycles. The van der Waals surface area contributed by atoms with Gasteiger partial charge in [-0.05, 0) is 74.9 Å². The van der Waals surface area contributed by atoms with Gasteiger partial charge in [0.25, 0.3) is 11.8 Å². The highest BCUT2D eigenvalue weighted by atomic mass is 35.5. The van der Waals surface area contributed by atoms with Crippen LogP contribution in [0.3, 0.4) is 0 Å². The van der Waals surface area contributed by atoms with Crippen LogP contribution in [0, 0.1) is 5.41 Å². The van der Waals surface area contributed by atoms with E-state index in [0.29, 0.717) is 34.9 Å². The number of amidine groups is 1. The molecule has 1 aromatic heterocycles. The van der Waals surface area contributed by atoms with Crippen LogP contribution in [0.2, 0.25) is 5.15 Å². The highest BCUT2D eigenvalue weighted by molar-refractivity contribution is 6.29. The molecule has 2 aromatic carbocycles. The average molecular weight is 639 g/mol. The molecule has 0 aliphatic rings. The topological polar surface area (TPSA) is 189 Å². The Bertz CT molecular complexity index is 1470. The summed E-state index contributed by atoms with van der Waals surface area (Å²) in [4.78, 5) is 38.6. The number of nitrogens with one attached hydrogen (secondary N) is 4. The Balaban J connectivity index is 0.000000860. The van der Waals surface area contributed by atoms with Gasteiger partial charge in [-0.1, -0.05) is 23.7 Å². The fourth-order valence-corrected chi connectivity index (χ4v) is 3.49. The van der Waals surface area contributed by atoms with E-state index in [2.05, 4.69) is 21.2 Å². The molecule has 0 saturated heterocycles. The molecule has 3 aromatic rings. The van der Waals surface area contributed by atoms with Crippen LogP contribution < -0.4 is 31.4 Å². The third-order valence-corrected chi connectivity index (χ3v) is 5.43. The number of aliphatic carboxylic acids is 1. The number of carboxylic acid groups (broad SMARTS) is 1. The summed E-state index contributed by atoms with van der Waals surface area (Å²) in [5.74, 6) is -2.98. The Kier molecular flexibility index (Phi) is 12.8. The van der Waals surface area contributed by atoms with Gasteiger partial charge in [-0.2, -0.15) is 13.2 Å². The van der Waals surface area contributed by atoms with E-state index in [1.807, 2.05) is 20.8 Å². The number of aromatic nitrogens is 1. The van der Waals surface area contributed by atoms with Crippen LogP contribution >= 0.6 is 11.6 Å². The molecule has 0 radical (unpaired) electrons. The summed E-state index contributed by atoms with van der Waals surface area (Å²) in [7, 11) is 0. The lowest BCUT2D eigenvalue weighted by Crippen LogP contribution is -2.45. The van der Waals surface area contributed by atoms with Crippen molar-refractivity contribution < 1.29 is 42.1 Å². The van der Waals surface area contributed by atoms with Crippen LogP contribution in [-0.2, 0) is 9.59 Å². The molecule has 1 atom stereocenters. The van der Waals surface area contributed by atoms with Crippen LogP contribution in [0.1, 0.15) is 48.4 Å². The van der Waals surface area contributed by atoms with Gasteiger partial charge in [0, 0.05) is 11.3 Å². The third kappa shape index (κ3) is 11.0. The predicted octanol–water partition coefficient (Wildman–Crippen LogP) is 4.45. The van der Waals surface area contributed by atoms with E-state index in [-0.39, 0.29) is 22.8 Å². The summed E-state index contributed by atoms with van der Waals surface area (Å²) in [6.07, 6.45) is -5.16. The highest BCUT2D eigenvalue weighted by Gasteiger charge is 2.38. The van der Waals surface area contributed by atoms with Crippen molar-refractivity contribution in [3.8, 4) is 11.5 Å². The molecule has 2 amide bonds. The number of hydrogen-bond donors (Lipinski definition) is 6. The molecule has 16 heteroatoms. The number of pyridine rings is 1. The second-order valence-electron chi connectivity index (χ2n) is 8.97. The SMILES string of the molecule is CCOc1cc(C(Nc2ccc(C(=N)N)cc2)C(=O)NNC(=O)c2cccc(Cl)n2)ccc1OC(C)C.O=C(O)C(F)(F)F. The number of nitrogens with zero attached hydrogens (tertiary/aromatic N) is 1. The van der Waals surface area contributed by atoms with Crippen LogP contribution in [0.25, 0.3) is 0 Å². The van der Waals surface area contributed by atoms with E-state index in [1.54, 1.807) is 48.5 Å². The van der Waals surface area contributed by atoms with Crippen molar-refractivity contribution in [3.63, 3.8) is 0 Å². The molecular formula is C28H30ClF3N6O6. The van der Waals surface area contributed by atoms with E-state index >= 15 is 0 Å². The number of anilines is 1. The lowest BCUT2D eigenvalue weighted by Gasteiger charge is -2.22. The molecule has 0 bridgehead atoms. The van der Waals surface area contributed by atoms with Crippen LogP contribution in [0.5, 0.6) is 11.5 Å². The number of ether oxygens (including phenoxy) is 2. The molecule has 236 valence electrons. The Hall–Kier alpha value is -5.05. The molecule has 44 heavy (non-hydrogen) atoms. The lowest BCUT2D eigenvalue weighted by atomic mass is 10.0. The minimum absolute atomic E-state index is 0.0472. The maximum Gasteiger partial charge on any atom is 0.490 e. The number of carbonyl (C=O) groups excluding carboxylic acids is 2. The van der Waals surface area contributed by atoms with Gasteiger partial charge in [-0.3, -0.25) is 25.8 Å². The summed E-state index contributed by atoms with van der Waals surface area (Å²) in [5, 5.41) is 18.0. The van der Waals surface area contributed by atoms with Crippen LogP contribution in [0.15, 0.2) is 60.7 Å². The molecule has 0 spiro atoms. The molecule has 0 fully saturated rings. The van der Waals surface area contributed by atoms with Crippen molar-refractivity contribution in [1.29, 1.82) is 5.41 Å². The van der Waals surface area contributed by atoms with E-state index < -0.39 is 30.0 Å². The van der Waals surface area contributed by atoms with Gasteiger partial charge in [0.1, 0.15) is 22.7 Å². The summed E-state index contributed by atoms with van der Waals surface area (Å²) in [6, 6.07) is 15.6. The molecule has 12 nitrogen and oxygen atoms in total. The Morgan fingerprint density at radius 2 is 1.68 bits per heavy atom. The number of nitrogens with two attached hydrogens (primary N) is 1. The first-order valence-electron chi connectivity index (χ1n) is 12.8. The Morgan fingerprint density at radius 3 is 2.20 bits per heavy atom. The van der Waals surface area contributed by atoms with E-state index in [4.69, 9.17) is 42.1 Å². The third-order valence-electron chi connectivity index (χ3n) is 5.22. The molecule has 1 unspecified atom stereocenters. The molecule has 0 aliphatic carbocycles. The van der Waals surface area contributed by atoms with Crippen molar-refractivity contribution in [2.75, 3.05) is 11.9 Å². The van der Waals surface area contributed by atoms with E-state index in [1.165, 1.54) is 12.1 Å². The fourth-order valence-electron chi connectivity index (χ4n) is 3.33. The standard InChI is InChI=1S/C26H29ClN6O4.C2HF3O2/c1-4-36-21-14-17(10-13-20(21)37-15(2)3)23(30-18-11-8-16(9-12-18)24(28)29)26(35)33-32-25(34)19-6-5-7-22(27)31-19;3-2(4,5)1(6)7/h5-15,23,30H,4H2,1-3H3,(H3,28,29)(H,32,34)(H,33,35);(H,6,7). The lowest BCUT2D eigenvalue weighted by molar-refractivity contribution is -0.192. The zero-order valence-electron chi connectivity index (χ0n) is 23.7. The molecule has 1 heterocycles. The van der Waals surface area contributed by atoms with Gasteiger partial charge in [-0.15, -0.1) is 0 Å². The molecular weight excluding hydrogens is 609 g/mol. The first-order chi connectivity index (χ1) is 20.6. The summed E-state index contributed by atoms with van der Waals surface area (Å²) in [5.41, 5.74) is 12.1. The van der Waals surface area contributed by atoms with Crippen molar-refractivity contribution in [3.05, 3.63) is 82.6 Å². The number of amides is 2. The number of benzene rings is 2. The average Bonchev–Trinajstić information content (AvgIpc) is 2.95. The second-order valence-corrected chi connectivity index (χ2v) is 9.35. The van der Waals surface area contributed by atoms with Gasteiger partial charge < -0.3 is 25.6 Å². The number of rotatable bonds is 10. The van der Waals surface area contributed by atoms with Gasteiger partial charge in [0.2, 0.25) is 0 Å². The largest absolute Gasteiger partial charge is 0.490 e. The number of carboxylic acids is 1. The maximum absolute atomic E-state index is 13.3. The minimum atomic E-state index is -5.08. The monoisotopic (exact) mass is 638 g/mol. The van der Waals surface area contributed by atoms with Gasteiger partial charge >= 0.3 is 12.1 Å². The number of halogens is 4. The number of hydrogen-bond acceptors (Lipinski definition) is 8. The zero-order chi connectivity index (χ0) is 33.0. The number of nitrogen functional groups attached to an aromatic ring is 1.